The van der Waals surface area contributed by atoms with Crippen LogP contribution >= 0.6 is 0 Å². The van der Waals surface area contributed by atoms with Crippen LogP contribution in [0.25, 0.3) is 0 Å². The number of ether oxygens (including phenoxy) is 1. The predicted octanol–water partition coefficient (Wildman–Crippen LogP) is 3.56. The van der Waals surface area contributed by atoms with Gasteiger partial charge in [0, 0.05) is 12.5 Å². The third kappa shape index (κ3) is 7.06. The lowest BCUT2D eigenvalue weighted by Gasteiger charge is -2.11. The van der Waals surface area contributed by atoms with Gasteiger partial charge >= 0.3 is 6.18 Å². The molecule has 0 aliphatic carbocycles. The van der Waals surface area contributed by atoms with Gasteiger partial charge in [-0.25, -0.2) is 0 Å². The van der Waals surface area contributed by atoms with Crippen molar-refractivity contribution >= 4 is 0 Å². The molecule has 5 heteroatoms. The summed E-state index contributed by atoms with van der Waals surface area (Å²) in [7, 11) is 1.91. The molecule has 0 saturated heterocycles. The fourth-order valence-electron chi connectivity index (χ4n) is 1.64. The normalized spacial score (nSPS) is 13.3. The molecule has 0 amide bonds. The average Bonchev–Trinajstić information content (AvgIpc) is 2.35. The van der Waals surface area contributed by atoms with Crippen LogP contribution in [0.1, 0.15) is 25.3 Å². The zero-order valence-corrected chi connectivity index (χ0v) is 11.3. The maximum atomic E-state index is 11.9. The molecule has 0 spiro atoms. The smallest absolute Gasteiger partial charge is 0.389 e. The fraction of sp³-hybridized carbons (Fsp3) is 0.571. The molecular weight excluding hydrogens is 255 g/mol. The molecule has 108 valence electrons. The number of rotatable bonds is 7. The zero-order chi connectivity index (χ0) is 14.3. The first-order valence-corrected chi connectivity index (χ1v) is 6.36. The molecule has 1 unspecified atom stereocenters. The predicted molar refractivity (Wildman–Crippen MR) is 69.5 cm³/mol. The Kier molecular flexibility index (Phi) is 6.15. The Labute approximate surface area is 112 Å². The minimum Gasteiger partial charge on any atom is -0.494 e. The zero-order valence-electron chi connectivity index (χ0n) is 11.3. The van der Waals surface area contributed by atoms with Crippen LogP contribution in [0.3, 0.4) is 0 Å². The summed E-state index contributed by atoms with van der Waals surface area (Å²) in [5, 5.41) is 3.15. The van der Waals surface area contributed by atoms with Crippen LogP contribution in [-0.4, -0.2) is 25.9 Å². The van der Waals surface area contributed by atoms with Crippen molar-refractivity contribution in [3.05, 3.63) is 29.8 Å². The second-order valence-electron chi connectivity index (χ2n) is 4.60. The molecule has 1 aromatic rings. The highest BCUT2D eigenvalue weighted by Crippen LogP contribution is 2.21. The number of halogens is 3. The first-order valence-electron chi connectivity index (χ1n) is 6.36. The quantitative estimate of drug-likeness (QED) is 0.768. The standard InChI is InChI=1S/C14H20F3NO/c1-11(18-2)10-12-4-6-13(7-5-12)19-9-3-8-14(15,16)17/h4-7,11,18H,3,8-10H2,1-2H3. The van der Waals surface area contributed by atoms with Crippen LogP contribution in [0.2, 0.25) is 0 Å². The minimum absolute atomic E-state index is 0.0119. The summed E-state index contributed by atoms with van der Waals surface area (Å²) >= 11 is 0. The van der Waals surface area contributed by atoms with Crippen molar-refractivity contribution in [1.82, 2.24) is 5.32 Å². The van der Waals surface area contributed by atoms with Gasteiger partial charge in [-0.3, -0.25) is 0 Å². The summed E-state index contributed by atoms with van der Waals surface area (Å²) < 4.78 is 41.1. The van der Waals surface area contributed by atoms with Crippen LogP contribution in [0, 0.1) is 0 Å². The van der Waals surface area contributed by atoms with Gasteiger partial charge in [-0.2, -0.15) is 13.2 Å². The van der Waals surface area contributed by atoms with Gasteiger partial charge in [-0.15, -0.1) is 0 Å². The molecule has 2 nitrogen and oxygen atoms in total. The minimum atomic E-state index is -4.10. The second kappa shape index (κ2) is 7.38. The van der Waals surface area contributed by atoms with Crippen LogP contribution < -0.4 is 10.1 Å². The number of hydrogen-bond acceptors (Lipinski definition) is 2. The van der Waals surface area contributed by atoms with Crippen molar-refractivity contribution in [2.75, 3.05) is 13.7 Å². The molecule has 0 radical (unpaired) electrons. The summed E-state index contributed by atoms with van der Waals surface area (Å²) in [6.07, 6.45) is -4.01. The maximum absolute atomic E-state index is 11.9. The van der Waals surface area contributed by atoms with E-state index in [0.717, 1.165) is 6.42 Å². The average molecular weight is 275 g/mol. The van der Waals surface area contributed by atoms with Gasteiger partial charge in [0.1, 0.15) is 5.75 Å². The molecule has 0 aromatic heterocycles. The van der Waals surface area contributed by atoms with Crippen molar-refractivity contribution in [2.24, 2.45) is 0 Å². The summed E-state index contributed by atoms with van der Waals surface area (Å²) in [6.45, 7) is 2.17. The molecule has 1 rings (SSSR count). The fourth-order valence-corrected chi connectivity index (χ4v) is 1.64. The highest BCUT2D eigenvalue weighted by atomic mass is 19.4. The second-order valence-corrected chi connectivity index (χ2v) is 4.60. The first-order chi connectivity index (χ1) is 8.90. The Morgan fingerprint density at radius 2 is 1.84 bits per heavy atom. The number of alkyl halides is 3. The molecule has 0 bridgehead atoms. The van der Waals surface area contributed by atoms with Gasteiger partial charge in [-0.05, 0) is 44.5 Å². The number of benzene rings is 1. The SMILES string of the molecule is CNC(C)Cc1ccc(OCCCC(F)(F)F)cc1. The van der Waals surface area contributed by atoms with Gasteiger partial charge in [-0.1, -0.05) is 12.1 Å². The Morgan fingerprint density at radius 1 is 1.21 bits per heavy atom. The first kappa shape index (κ1) is 15.8. The van der Waals surface area contributed by atoms with E-state index in [1.54, 1.807) is 12.1 Å². The Bertz CT molecular complexity index is 362. The monoisotopic (exact) mass is 275 g/mol. The summed E-state index contributed by atoms with van der Waals surface area (Å²) in [6, 6.07) is 7.86. The van der Waals surface area contributed by atoms with Gasteiger partial charge < -0.3 is 10.1 Å². The van der Waals surface area contributed by atoms with E-state index >= 15 is 0 Å². The number of likely N-dealkylation sites (N-methyl/N-ethyl adjacent to an activating group) is 1. The van der Waals surface area contributed by atoms with Crippen molar-refractivity contribution < 1.29 is 17.9 Å². The number of nitrogens with one attached hydrogen (secondary N) is 1. The summed E-state index contributed by atoms with van der Waals surface area (Å²) in [5.74, 6) is 0.614. The lowest BCUT2D eigenvalue weighted by Crippen LogP contribution is -2.23. The largest absolute Gasteiger partial charge is 0.494 e. The molecule has 0 fully saturated rings. The van der Waals surface area contributed by atoms with E-state index in [4.69, 9.17) is 4.74 Å². The van der Waals surface area contributed by atoms with E-state index in [1.807, 2.05) is 19.2 Å². The van der Waals surface area contributed by atoms with E-state index < -0.39 is 12.6 Å². The molecule has 1 N–H and O–H groups in total. The maximum Gasteiger partial charge on any atom is 0.389 e. The molecule has 0 saturated carbocycles. The van der Waals surface area contributed by atoms with Crippen molar-refractivity contribution in [3.8, 4) is 5.75 Å². The van der Waals surface area contributed by atoms with Crippen molar-refractivity contribution in [1.29, 1.82) is 0 Å². The van der Waals surface area contributed by atoms with Gasteiger partial charge in [0.2, 0.25) is 0 Å². The lowest BCUT2D eigenvalue weighted by atomic mass is 10.1. The van der Waals surface area contributed by atoms with E-state index in [2.05, 4.69) is 12.2 Å². The molecule has 0 aliphatic rings. The van der Waals surface area contributed by atoms with E-state index in [0.29, 0.717) is 11.8 Å². The van der Waals surface area contributed by atoms with E-state index in [9.17, 15) is 13.2 Å². The van der Waals surface area contributed by atoms with Gasteiger partial charge in [0.15, 0.2) is 0 Å². The van der Waals surface area contributed by atoms with E-state index in [1.165, 1.54) is 5.56 Å². The lowest BCUT2D eigenvalue weighted by molar-refractivity contribution is -0.136. The molecule has 0 aliphatic heterocycles. The molecule has 19 heavy (non-hydrogen) atoms. The Morgan fingerprint density at radius 3 is 2.37 bits per heavy atom. The highest BCUT2D eigenvalue weighted by Gasteiger charge is 2.26. The van der Waals surface area contributed by atoms with Crippen LogP contribution in [0.5, 0.6) is 5.75 Å². The highest BCUT2D eigenvalue weighted by molar-refractivity contribution is 5.27. The van der Waals surface area contributed by atoms with E-state index in [-0.39, 0.29) is 13.0 Å². The molecule has 1 aromatic carbocycles. The molecular formula is C14H20F3NO. The number of hydrogen-bond donors (Lipinski definition) is 1. The van der Waals surface area contributed by atoms with Crippen LogP contribution in [0.15, 0.2) is 24.3 Å². The van der Waals surface area contributed by atoms with Crippen molar-refractivity contribution in [3.63, 3.8) is 0 Å². The topological polar surface area (TPSA) is 21.3 Å². The van der Waals surface area contributed by atoms with Crippen molar-refractivity contribution in [2.45, 2.75) is 38.4 Å². The Hall–Kier alpha value is -1.23. The van der Waals surface area contributed by atoms with Gasteiger partial charge in [0.05, 0.1) is 6.61 Å². The Balaban J connectivity index is 2.32. The third-order valence-electron chi connectivity index (χ3n) is 2.83. The third-order valence-corrected chi connectivity index (χ3v) is 2.83. The van der Waals surface area contributed by atoms with Crippen LogP contribution in [0.4, 0.5) is 13.2 Å². The molecule has 0 heterocycles. The van der Waals surface area contributed by atoms with Gasteiger partial charge in [0.25, 0.3) is 0 Å². The molecule has 1 atom stereocenters. The summed E-state index contributed by atoms with van der Waals surface area (Å²) in [4.78, 5) is 0. The van der Waals surface area contributed by atoms with Crippen LogP contribution in [-0.2, 0) is 6.42 Å². The summed E-state index contributed by atoms with van der Waals surface area (Å²) in [5.41, 5.74) is 1.17.